The molecule has 0 spiro atoms. The van der Waals surface area contributed by atoms with Crippen molar-refractivity contribution in [1.82, 2.24) is 4.98 Å². The summed E-state index contributed by atoms with van der Waals surface area (Å²) in [5.74, 6) is 0.874. The predicted molar refractivity (Wildman–Crippen MR) is 108 cm³/mol. The number of hydrogen-bond acceptors (Lipinski definition) is 2. The van der Waals surface area contributed by atoms with Crippen molar-refractivity contribution in [2.45, 2.75) is 33.1 Å². The first-order valence-electron chi connectivity index (χ1n) is 8.98. The quantitative estimate of drug-likeness (QED) is 0.402. The van der Waals surface area contributed by atoms with Crippen molar-refractivity contribution in [1.29, 1.82) is 0 Å². The van der Waals surface area contributed by atoms with Crippen molar-refractivity contribution in [2.24, 2.45) is 0 Å². The zero-order valence-corrected chi connectivity index (χ0v) is 15.7. The molecule has 0 amide bonds. The summed E-state index contributed by atoms with van der Waals surface area (Å²) in [5.41, 5.74) is 6.70. The average Bonchev–Trinajstić information content (AvgIpc) is 3.04. The van der Waals surface area contributed by atoms with Gasteiger partial charge in [-0.3, -0.25) is 4.98 Å². The summed E-state index contributed by atoms with van der Waals surface area (Å²) in [6.45, 7) is 8.85. The van der Waals surface area contributed by atoms with Crippen LogP contribution in [0.15, 0.2) is 71.3 Å². The van der Waals surface area contributed by atoms with Crippen LogP contribution >= 0.6 is 0 Å². The van der Waals surface area contributed by atoms with E-state index in [2.05, 4.69) is 69.1 Å². The van der Waals surface area contributed by atoms with Crippen LogP contribution < -0.4 is 0 Å². The Morgan fingerprint density at radius 1 is 0.846 bits per heavy atom. The van der Waals surface area contributed by atoms with Crippen molar-refractivity contribution in [2.75, 3.05) is 0 Å². The van der Waals surface area contributed by atoms with Gasteiger partial charge in [0.05, 0.1) is 5.69 Å². The van der Waals surface area contributed by atoms with Crippen LogP contribution in [-0.4, -0.2) is 4.98 Å². The Bertz CT molecular complexity index is 1070. The molecule has 0 atom stereocenters. The van der Waals surface area contributed by atoms with Gasteiger partial charge in [-0.05, 0) is 36.1 Å². The van der Waals surface area contributed by atoms with E-state index in [0.29, 0.717) is 0 Å². The van der Waals surface area contributed by atoms with Crippen LogP contribution in [0.2, 0.25) is 0 Å². The van der Waals surface area contributed by atoms with Gasteiger partial charge < -0.3 is 4.42 Å². The predicted octanol–water partition coefficient (Wildman–Crippen LogP) is 6.77. The number of hydrogen-bond donors (Lipinski definition) is 0. The van der Waals surface area contributed by atoms with Crippen LogP contribution in [0, 0.1) is 6.92 Å². The summed E-state index contributed by atoms with van der Waals surface area (Å²) < 4.78 is 6.10. The molecule has 0 N–H and O–H groups in total. The molecule has 0 bridgehead atoms. The van der Waals surface area contributed by atoms with Crippen LogP contribution in [0.4, 0.5) is 0 Å². The molecule has 0 saturated carbocycles. The van der Waals surface area contributed by atoms with Gasteiger partial charge >= 0.3 is 0 Å². The first-order valence-corrected chi connectivity index (χ1v) is 8.98. The third kappa shape index (κ3) is 3.15. The van der Waals surface area contributed by atoms with Crippen LogP contribution in [-0.2, 0) is 5.41 Å². The number of nitrogens with zero attached hydrogens (tertiary/aromatic N) is 1. The van der Waals surface area contributed by atoms with Crippen molar-refractivity contribution in [3.63, 3.8) is 0 Å². The summed E-state index contributed by atoms with van der Waals surface area (Å²) in [4.78, 5) is 4.69. The Hall–Kier alpha value is -2.87. The SMILES string of the molecule is Cc1cc(-c2cc3oc(-c4ccccc4)cc3cn2)cc(C(C)(C)C)c1. The standard InChI is InChI=1S/C24H23NO/c1-16-10-18(12-20(11-16)24(2,3)4)21-14-23-19(15-25-21)13-22(26-23)17-8-6-5-7-9-17/h5-15H,1-4H3. The van der Waals surface area contributed by atoms with Gasteiger partial charge in [-0.1, -0.05) is 62.7 Å². The lowest BCUT2D eigenvalue weighted by Crippen LogP contribution is -2.11. The summed E-state index contributed by atoms with van der Waals surface area (Å²) in [5, 5.41) is 1.02. The molecular formula is C24H23NO. The van der Waals surface area contributed by atoms with E-state index in [9.17, 15) is 0 Å². The summed E-state index contributed by atoms with van der Waals surface area (Å²) in [6, 6.07) is 20.9. The molecule has 2 aromatic heterocycles. The second kappa shape index (κ2) is 6.14. The third-order valence-electron chi connectivity index (χ3n) is 4.70. The monoisotopic (exact) mass is 341 g/mol. The molecule has 130 valence electrons. The van der Waals surface area contributed by atoms with Crippen molar-refractivity contribution >= 4 is 11.0 Å². The Balaban J connectivity index is 1.80. The highest BCUT2D eigenvalue weighted by atomic mass is 16.3. The number of benzene rings is 2. The largest absolute Gasteiger partial charge is 0.456 e. The molecule has 0 fully saturated rings. The van der Waals surface area contributed by atoms with Crippen LogP contribution in [0.25, 0.3) is 33.6 Å². The molecule has 0 saturated heterocycles. The fourth-order valence-electron chi connectivity index (χ4n) is 3.20. The topological polar surface area (TPSA) is 26.0 Å². The summed E-state index contributed by atoms with van der Waals surface area (Å²) in [7, 11) is 0. The number of furan rings is 1. The second-order valence-corrected chi connectivity index (χ2v) is 7.92. The van der Waals surface area contributed by atoms with E-state index in [4.69, 9.17) is 4.42 Å². The van der Waals surface area contributed by atoms with E-state index < -0.39 is 0 Å². The van der Waals surface area contributed by atoms with Crippen molar-refractivity contribution < 1.29 is 4.42 Å². The van der Waals surface area contributed by atoms with Crippen LogP contribution in [0.1, 0.15) is 31.9 Å². The minimum atomic E-state index is 0.107. The lowest BCUT2D eigenvalue weighted by molar-refractivity contribution is 0.590. The Morgan fingerprint density at radius 2 is 1.62 bits per heavy atom. The summed E-state index contributed by atoms with van der Waals surface area (Å²) in [6.07, 6.45) is 1.90. The van der Waals surface area contributed by atoms with Gasteiger partial charge in [0.2, 0.25) is 0 Å². The molecule has 4 rings (SSSR count). The van der Waals surface area contributed by atoms with E-state index >= 15 is 0 Å². The minimum absolute atomic E-state index is 0.107. The van der Waals surface area contributed by atoms with Crippen molar-refractivity contribution in [3.8, 4) is 22.6 Å². The highest BCUT2D eigenvalue weighted by Gasteiger charge is 2.16. The molecule has 2 aromatic carbocycles. The fraction of sp³-hybridized carbons (Fsp3) is 0.208. The molecule has 4 aromatic rings. The van der Waals surface area contributed by atoms with E-state index in [1.165, 1.54) is 11.1 Å². The van der Waals surface area contributed by atoms with Crippen LogP contribution in [0.3, 0.4) is 0 Å². The fourth-order valence-corrected chi connectivity index (χ4v) is 3.20. The lowest BCUT2D eigenvalue weighted by Gasteiger charge is -2.20. The number of rotatable bonds is 2. The molecule has 0 radical (unpaired) electrons. The van der Waals surface area contributed by atoms with Gasteiger partial charge in [0.25, 0.3) is 0 Å². The van der Waals surface area contributed by atoms with Gasteiger partial charge in [-0.25, -0.2) is 0 Å². The van der Waals surface area contributed by atoms with E-state index in [-0.39, 0.29) is 5.41 Å². The molecule has 2 heteroatoms. The van der Waals surface area contributed by atoms with E-state index in [1.54, 1.807) is 0 Å². The normalized spacial score (nSPS) is 11.8. The van der Waals surface area contributed by atoms with Crippen molar-refractivity contribution in [3.05, 3.63) is 78.0 Å². The maximum atomic E-state index is 6.10. The molecule has 0 aliphatic rings. The Morgan fingerprint density at radius 3 is 2.35 bits per heavy atom. The van der Waals surface area contributed by atoms with Crippen LogP contribution in [0.5, 0.6) is 0 Å². The second-order valence-electron chi connectivity index (χ2n) is 7.92. The Kier molecular flexibility index (Phi) is 3.91. The van der Waals surface area contributed by atoms with Gasteiger partial charge in [0, 0.05) is 28.8 Å². The first kappa shape index (κ1) is 16.6. The number of aromatic nitrogens is 1. The van der Waals surface area contributed by atoms with E-state index in [1.807, 2.05) is 30.5 Å². The van der Waals surface area contributed by atoms with Gasteiger partial charge in [0.15, 0.2) is 0 Å². The molecule has 2 nitrogen and oxygen atoms in total. The average molecular weight is 341 g/mol. The highest BCUT2D eigenvalue weighted by molar-refractivity contribution is 5.85. The third-order valence-corrected chi connectivity index (χ3v) is 4.70. The van der Waals surface area contributed by atoms with Gasteiger partial charge in [-0.15, -0.1) is 0 Å². The molecule has 0 unspecified atom stereocenters. The molecule has 0 aliphatic heterocycles. The number of aryl methyl sites for hydroxylation is 1. The maximum Gasteiger partial charge on any atom is 0.138 e. The number of pyridine rings is 1. The zero-order valence-electron chi connectivity index (χ0n) is 15.7. The summed E-state index contributed by atoms with van der Waals surface area (Å²) >= 11 is 0. The molecule has 26 heavy (non-hydrogen) atoms. The Labute approximate surface area is 154 Å². The molecule has 2 heterocycles. The zero-order chi connectivity index (χ0) is 18.3. The smallest absolute Gasteiger partial charge is 0.138 e. The highest BCUT2D eigenvalue weighted by Crippen LogP contribution is 2.32. The van der Waals surface area contributed by atoms with E-state index in [0.717, 1.165) is 33.6 Å². The lowest BCUT2D eigenvalue weighted by atomic mass is 9.85. The molecule has 0 aliphatic carbocycles. The molecular weight excluding hydrogens is 318 g/mol. The first-order chi connectivity index (χ1) is 12.4. The van der Waals surface area contributed by atoms with Gasteiger partial charge in [0.1, 0.15) is 11.3 Å². The number of fused-ring (bicyclic) bond motifs is 1. The minimum Gasteiger partial charge on any atom is -0.456 e. The van der Waals surface area contributed by atoms with Gasteiger partial charge in [-0.2, -0.15) is 0 Å². The maximum absolute atomic E-state index is 6.10.